The molecule has 4 heteroatoms. The molecule has 0 spiro atoms. The smallest absolute Gasteiger partial charge is 0.251 e. The molecule has 1 N–H and O–H groups in total. The van der Waals surface area contributed by atoms with Gasteiger partial charge in [-0.1, -0.05) is 24.3 Å². The Morgan fingerprint density at radius 3 is 2.76 bits per heavy atom. The van der Waals surface area contributed by atoms with Crippen LogP contribution in [0.1, 0.15) is 17.5 Å². The molecule has 2 nitrogen and oxygen atoms in total. The summed E-state index contributed by atoms with van der Waals surface area (Å²) in [6, 6.07) is 7.59. The standard InChI is InChI=1S/C13H17F2NO/c1-10-4-2-3-5-11(10)13(17)6-7-16(9-13)8-12(14)15/h2-5,12,17H,6-9H2,1H3. The zero-order chi connectivity index (χ0) is 12.5. The Morgan fingerprint density at radius 1 is 1.41 bits per heavy atom. The normalized spacial score (nSPS) is 25.7. The molecule has 1 fully saturated rings. The molecule has 0 radical (unpaired) electrons. The van der Waals surface area contributed by atoms with Gasteiger partial charge in [0.05, 0.1) is 6.54 Å². The monoisotopic (exact) mass is 241 g/mol. The third kappa shape index (κ3) is 2.64. The van der Waals surface area contributed by atoms with Crippen molar-refractivity contribution in [3.8, 4) is 0 Å². The molecule has 1 aliphatic heterocycles. The second-order valence-corrected chi connectivity index (χ2v) is 4.72. The molecule has 0 amide bonds. The maximum atomic E-state index is 12.3. The highest BCUT2D eigenvalue weighted by atomic mass is 19.3. The Balaban J connectivity index is 2.14. The van der Waals surface area contributed by atoms with Gasteiger partial charge in [0, 0.05) is 13.1 Å². The first-order valence-electron chi connectivity index (χ1n) is 5.80. The molecule has 0 aliphatic carbocycles. The maximum Gasteiger partial charge on any atom is 0.251 e. The van der Waals surface area contributed by atoms with Gasteiger partial charge in [0.1, 0.15) is 5.60 Å². The van der Waals surface area contributed by atoms with Crippen LogP contribution in [0.15, 0.2) is 24.3 Å². The zero-order valence-electron chi connectivity index (χ0n) is 9.87. The van der Waals surface area contributed by atoms with Gasteiger partial charge in [0.15, 0.2) is 0 Å². The van der Waals surface area contributed by atoms with Gasteiger partial charge in [-0.15, -0.1) is 0 Å². The predicted molar refractivity (Wildman–Crippen MR) is 62.1 cm³/mol. The fourth-order valence-electron chi connectivity index (χ4n) is 2.54. The lowest BCUT2D eigenvalue weighted by molar-refractivity contribution is 0.0341. The average molecular weight is 241 g/mol. The van der Waals surface area contributed by atoms with Crippen molar-refractivity contribution in [2.75, 3.05) is 19.6 Å². The number of aliphatic hydroxyl groups is 1. The van der Waals surface area contributed by atoms with Crippen molar-refractivity contribution in [3.05, 3.63) is 35.4 Å². The lowest BCUT2D eigenvalue weighted by Crippen LogP contribution is -2.33. The van der Waals surface area contributed by atoms with Crippen LogP contribution in [0.25, 0.3) is 0 Å². The van der Waals surface area contributed by atoms with E-state index in [1.165, 1.54) is 0 Å². The predicted octanol–water partition coefficient (Wildman–Crippen LogP) is 2.15. The molecule has 1 aliphatic rings. The van der Waals surface area contributed by atoms with E-state index in [0.717, 1.165) is 11.1 Å². The topological polar surface area (TPSA) is 23.5 Å². The number of rotatable bonds is 3. The first kappa shape index (κ1) is 12.5. The second kappa shape index (κ2) is 4.70. The number of hydrogen-bond acceptors (Lipinski definition) is 2. The molecule has 2 rings (SSSR count). The minimum absolute atomic E-state index is 0.256. The van der Waals surface area contributed by atoms with Gasteiger partial charge >= 0.3 is 0 Å². The molecule has 1 aromatic carbocycles. The van der Waals surface area contributed by atoms with Crippen molar-refractivity contribution in [2.45, 2.75) is 25.4 Å². The van der Waals surface area contributed by atoms with E-state index in [-0.39, 0.29) is 6.54 Å². The van der Waals surface area contributed by atoms with Gasteiger partial charge < -0.3 is 5.11 Å². The van der Waals surface area contributed by atoms with Crippen LogP contribution in [0.2, 0.25) is 0 Å². The number of benzene rings is 1. The van der Waals surface area contributed by atoms with Crippen LogP contribution in [-0.2, 0) is 5.60 Å². The van der Waals surface area contributed by atoms with Gasteiger partial charge in [-0.25, -0.2) is 8.78 Å². The second-order valence-electron chi connectivity index (χ2n) is 4.72. The Kier molecular flexibility index (Phi) is 3.45. The number of β-amino-alcohol motifs (C(OH)–C–C–N with tert-alkyl or cyclic N) is 1. The summed E-state index contributed by atoms with van der Waals surface area (Å²) in [4.78, 5) is 1.62. The minimum Gasteiger partial charge on any atom is -0.384 e. The summed E-state index contributed by atoms with van der Waals surface area (Å²) in [5.74, 6) is 0. The highest BCUT2D eigenvalue weighted by molar-refractivity contribution is 5.32. The van der Waals surface area contributed by atoms with Gasteiger partial charge in [-0.05, 0) is 24.5 Å². The van der Waals surface area contributed by atoms with E-state index in [0.29, 0.717) is 19.5 Å². The van der Waals surface area contributed by atoms with Crippen molar-refractivity contribution < 1.29 is 13.9 Å². The molecule has 0 aromatic heterocycles. The van der Waals surface area contributed by atoms with Crippen molar-refractivity contribution in [1.29, 1.82) is 0 Å². The quantitative estimate of drug-likeness (QED) is 0.876. The first-order chi connectivity index (χ1) is 8.01. The van der Waals surface area contributed by atoms with Crippen molar-refractivity contribution >= 4 is 0 Å². The molecule has 1 saturated heterocycles. The summed E-state index contributed by atoms with van der Waals surface area (Å²) in [6.45, 7) is 2.49. The Hall–Kier alpha value is -1.00. The molecular weight excluding hydrogens is 224 g/mol. The van der Waals surface area contributed by atoms with Gasteiger partial charge in [0.25, 0.3) is 6.43 Å². The summed E-state index contributed by atoms with van der Waals surface area (Å²) in [7, 11) is 0. The van der Waals surface area contributed by atoms with E-state index in [2.05, 4.69) is 0 Å². The average Bonchev–Trinajstić information content (AvgIpc) is 2.60. The molecule has 94 valence electrons. The van der Waals surface area contributed by atoms with Crippen molar-refractivity contribution in [2.24, 2.45) is 0 Å². The van der Waals surface area contributed by atoms with Crippen LogP contribution in [-0.4, -0.2) is 36.1 Å². The number of nitrogens with zero attached hydrogens (tertiary/aromatic N) is 1. The number of hydrogen-bond donors (Lipinski definition) is 1. The van der Waals surface area contributed by atoms with E-state index in [1.807, 2.05) is 31.2 Å². The molecule has 17 heavy (non-hydrogen) atoms. The van der Waals surface area contributed by atoms with Gasteiger partial charge in [-0.2, -0.15) is 0 Å². The van der Waals surface area contributed by atoms with E-state index in [1.54, 1.807) is 4.90 Å². The van der Waals surface area contributed by atoms with Crippen LogP contribution >= 0.6 is 0 Å². The third-order valence-electron chi connectivity index (χ3n) is 3.37. The zero-order valence-corrected chi connectivity index (χ0v) is 9.87. The third-order valence-corrected chi connectivity index (χ3v) is 3.37. The Bertz CT molecular complexity index is 397. The fourth-order valence-corrected chi connectivity index (χ4v) is 2.54. The Morgan fingerprint density at radius 2 is 2.12 bits per heavy atom. The van der Waals surface area contributed by atoms with Crippen LogP contribution in [0.4, 0.5) is 8.78 Å². The Labute approximate surface area is 99.9 Å². The highest BCUT2D eigenvalue weighted by Crippen LogP contribution is 2.33. The summed E-state index contributed by atoms with van der Waals surface area (Å²) in [5.41, 5.74) is 0.894. The van der Waals surface area contributed by atoms with E-state index >= 15 is 0 Å². The number of aryl methyl sites for hydroxylation is 1. The van der Waals surface area contributed by atoms with Crippen molar-refractivity contribution in [3.63, 3.8) is 0 Å². The van der Waals surface area contributed by atoms with Crippen LogP contribution in [0, 0.1) is 6.92 Å². The van der Waals surface area contributed by atoms with E-state index < -0.39 is 12.0 Å². The maximum absolute atomic E-state index is 12.3. The van der Waals surface area contributed by atoms with Crippen molar-refractivity contribution in [1.82, 2.24) is 4.90 Å². The molecule has 1 unspecified atom stereocenters. The van der Waals surface area contributed by atoms with E-state index in [4.69, 9.17) is 0 Å². The highest BCUT2D eigenvalue weighted by Gasteiger charge is 2.38. The van der Waals surface area contributed by atoms with Crippen LogP contribution in [0.3, 0.4) is 0 Å². The lowest BCUT2D eigenvalue weighted by Gasteiger charge is -2.25. The van der Waals surface area contributed by atoms with Gasteiger partial charge in [0.2, 0.25) is 0 Å². The lowest BCUT2D eigenvalue weighted by atomic mass is 9.89. The molecule has 1 heterocycles. The minimum atomic E-state index is -2.34. The summed E-state index contributed by atoms with van der Waals surface area (Å²) < 4.78 is 24.6. The molecule has 1 atom stereocenters. The molecule has 0 saturated carbocycles. The summed E-state index contributed by atoms with van der Waals surface area (Å²) >= 11 is 0. The number of likely N-dealkylation sites (tertiary alicyclic amines) is 1. The summed E-state index contributed by atoms with van der Waals surface area (Å²) in [6.07, 6.45) is -1.82. The SMILES string of the molecule is Cc1ccccc1C1(O)CCN(CC(F)F)C1. The van der Waals surface area contributed by atoms with E-state index in [9.17, 15) is 13.9 Å². The van der Waals surface area contributed by atoms with Gasteiger partial charge in [-0.3, -0.25) is 4.90 Å². The number of alkyl halides is 2. The van der Waals surface area contributed by atoms with Crippen LogP contribution < -0.4 is 0 Å². The fraction of sp³-hybridized carbons (Fsp3) is 0.538. The van der Waals surface area contributed by atoms with Crippen LogP contribution in [0.5, 0.6) is 0 Å². The molecule has 0 bridgehead atoms. The number of halogens is 2. The molecular formula is C13H17F2NO. The molecule has 1 aromatic rings. The largest absolute Gasteiger partial charge is 0.384 e. The summed E-state index contributed by atoms with van der Waals surface area (Å²) in [5, 5.41) is 10.5. The first-order valence-corrected chi connectivity index (χ1v) is 5.80.